The van der Waals surface area contributed by atoms with Crippen LogP contribution in [0.4, 0.5) is 5.13 Å². The molecule has 0 spiro atoms. The third-order valence-corrected chi connectivity index (χ3v) is 4.03. The largest absolute Gasteiger partial charge is 0.298 e. The van der Waals surface area contributed by atoms with Gasteiger partial charge in [0.2, 0.25) is 5.91 Å². The minimum Gasteiger partial charge on any atom is -0.298 e. The molecule has 3 nitrogen and oxygen atoms in total. The average Bonchev–Trinajstić information content (AvgIpc) is 2.87. The van der Waals surface area contributed by atoms with E-state index in [0.29, 0.717) is 5.13 Å². The molecular formula is C12H12N2OS2. The summed E-state index contributed by atoms with van der Waals surface area (Å²) in [5.41, 5.74) is 0.965. The first kappa shape index (κ1) is 12.0. The highest BCUT2D eigenvalue weighted by molar-refractivity contribution is 7.15. The monoisotopic (exact) mass is 264 g/mol. The number of carbonyl (C=O) groups is 1. The number of anilines is 1. The van der Waals surface area contributed by atoms with Crippen LogP contribution in [0.25, 0.3) is 6.08 Å². The Labute approximate surface area is 108 Å². The molecule has 0 fully saturated rings. The Bertz CT molecular complexity index is 521. The molecule has 0 saturated heterocycles. The minimum atomic E-state index is -0.146. The molecule has 0 aliphatic heterocycles. The van der Waals surface area contributed by atoms with Crippen LogP contribution in [0, 0.1) is 13.8 Å². The molecule has 17 heavy (non-hydrogen) atoms. The van der Waals surface area contributed by atoms with Gasteiger partial charge in [-0.05, 0) is 31.4 Å². The smallest absolute Gasteiger partial charge is 0.250 e. The van der Waals surface area contributed by atoms with E-state index in [9.17, 15) is 4.79 Å². The molecule has 1 N–H and O–H groups in total. The fourth-order valence-electron chi connectivity index (χ4n) is 1.22. The zero-order valence-corrected chi connectivity index (χ0v) is 11.2. The Hall–Kier alpha value is -1.46. The Morgan fingerprint density at radius 1 is 1.47 bits per heavy atom. The summed E-state index contributed by atoms with van der Waals surface area (Å²) in [4.78, 5) is 18.0. The van der Waals surface area contributed by atoms with E-state index in [-0.39, 0.29) is 5.91 Å². The van der Waals surface area contributed by atoms with Gasteiger partial charge in [-0.2, -0.15) is 0 Å². The minimum absolute atomic E-state index is 0.146. The molecule has 0 unspecified atom stereocenters. The lowest BCUT2D eigenvalue weighted by molar-refractivity contribution is -0.111. The summed E-state index contributed by atoms with van der Waals surface area (Å²) in [5.74, 6) is -0.146. The van der Waals surface area contributed by atoms with E-state index in [1.807, 2.05) is 31.4 Å². The maximum atomic E-state index is 11.6. The van der Waals surface area contributed by atoms with Gasteiger partial charge in [0.15, 0.2) is 5.13 Å². The van der Waals surface area contributed by atoms with E-state index in [1.165, 1.54) is 17.4 Å². The standard InChI is InChI=1S/C12H12N2OS2/c1-8-9(2)17-12(13-8)14-11(15)6-5-10-4-3-7-16-10/h3-7H,1-2H3,(H,13,14,15). The molecule has 0 aliphatic rings. The van der Waals surface area contributed by atoms with Gasteiger partial charge in [-0.1, -0.05) is 6.07 Å². The number of aromatic nitrogens is 1. The van der Waals surface area contributed by atoms with E-state index >= 15 is 0 Å². The summed E-state index contributed by atoms with van der Waals surface area (Å²) < 4.78 is 0. The predicted octanol–water partition coefficient (Wildman–Crippen LogP) is 3.47. The number of nitrogens with zero attached hydrogens (tertiary/aromatic N) is 1. The third-order valence-electron chi connectivity index (χ3n) is 2.20. The molecule has 2 heterocycles. The van der Waals surface area contributed by atoms with Gasteiger partial charge in [-0.25, -0.2) is 4.98 Å². The zero-order valence-electron chi connectivity index (χ0n) is 9.56. The van der Waals surface area contributed by atoms with Crippen LogP contribution in [-0.4, -0.2) is 10.9 Å². The van der Waals surface area contributed by atoms with Gasteiger partial charge in [0.05, 0.1) is 5.69 Å². The van der Waals surface area contributed by atoms with Crippen LogP contribution in [0.2, 0.25) is 0 Å². The number of amides is 1. The van der Waals surface area contributed by atoms with Crippen LogP contribution >= 0.6 is 22.7 Å². The Balaban J connectivity index is 1.98. The number of hydrogen-bond acceptors (Lipinski definition) is 4. The molecule has 1 amide bonds. The van der Waals surface area contributed by atoms with Crippen molar-refractivity contribution in [3.8, 4) is 0 Å². The number of hydrogen-bond donors (Lipinski definition) is 1. The van der Waals surface area contributed by atoms with Crippen molar-refractivity contribution in [1.82, 2.24) is 4.98 Å². The summed E-state index contributed by atoms with van der Waals surface area (Å²) in [6.45, 7) is 3.92. The number of carbonyl (C=O) groups excluding carboxylic acids is 1. The summed E-state index contributed by atoms with van der Waals surface area (Å²) in [6, 6.07) is 3.92. The molecule has 0 aromatic carbocycles. The summed E-state index contributed by atoms with van der Waals surface area (Å²) in [6.07, 6.45) is 3.32. The van der Waals surface area contributed by atoms with Gasteiger partial charge in [-0.3, -0.25) is 10.1 Å². The molecule has 0 radical (unpaired) electrons. The van der Waals surface area contributed by atoms with Gasteiger partial charge >= 0.3 is 0 Å². The van der Waals surface area contributed by atoms with Crippen molar-refractivity contribution in [2.75, 3.05) is 5.32 Å². The van der Waals surface area contributed by atoms with E-state index in [1.54, 1.807) is 17.4 Å². The number of thiophene rings is 1. The van der Waals surface area contributed by atoms with Crippen molar-refractivity contribution in [2.45, 2.75) is 13.8 Å². The summed E-state index contributed by atoms with van der Waals surface area (Å²) in [7, 11) is 0. The van der Waals surface area contributed by atoms with Crippen LogP contribution in [0.15, 0.2) is 23.6 Å². The molecule has 0 bridgehead atoms. The van der Waals surface area contributed by atoms with Crippen LogP contribution < -0.4 is 5.32 Å². The molecule has 2 aromatic rings. The van der Waals surface area contributed by atoms with Gasteiger partial charge in [0.25, 0.3) is 0 Å². The molecule has 5 heteroatoms. The van der Waals surface area contributed by atoms with Crippen LogP contribution in [0.3, 0.4) is 0 Å². The molecule has 0 aliphatic carbocycles. The third kappa shape index (κ3) is 3.25. The number of rotatable bonds is 3. The Morgan fingerprint density at radius 3 is 2.88 bits per heavy atom. The van der Waals surface area contributed by atoms with Crippen molar-refractivity contribution >= 4 is 39.8 Å². The second kappa shape index (κ2) is 5.25. The molecule has 88 valence electrons. The first-order chi connectivity index (χ1) is 8.15. The first-order valence-electron chi connectivity index (χ1n) is 5.12. The second-order valence-electron chi connectivity index (χ2n) is 3.50. The Morgan fingerprint density at radius 2 is 2.29 bits per heavy atom. The average molecular weight is 264 g/mol. The number of nitrogens with one attached hydrogen (secondary N) is 1. The lowest BCUT2D eigenvalue weighted by Gasteiger charge is -1.94. The quantitative estimate of drug-likeness (QED) is 0.862. The van der Waals surface area contributed by atoms with Gasteiger partial charge < -0.3 is 0 Å². The molecule has 0 atom stereocenters. The summed E-state index contributed by atoms with van der Waals surface area (Å²) in [5, 5.41) is 5.38. The number of aryl methyl sites for hydroxylation is 2. The highest BCUT2D eigenvalue weighted by Gasteiger charge is 2.05. The molecular weight excluding hydrogens is 252 g/mol. The Kier molecular flexibility index (Phi) is 3.71. The van der Waals surface area contributed by atoms with Crippen LogP contribution in [-0.2, 0) is 4.79 Å². The van der Waals surface area contributed by atoms with Gasteiger partial charge in [0, 0.05) is 15.8 Å². The fraction of sp³-hybridized carbons (Fsp3) is 0.167. The first-order valence-corrected chi connectivity index (χ1v) is 6.81. The van der Waals surface area contributed by atoms with Crippen molar-refractivity contribution in [3.05, 3.63) is 39.0 Å². The van der Waals surface area contributed by atoms with E-state index < -0.39 is 0 Å². The number of thiazole rings is 1. The highest BCUT2D eigenvalue weighted by atomic mass is 32.1. The van der Waals surface area contributed by atoms with Crippen LogP contribution in [0.1, 0.15) is 15.4 Å². The van der Waals surface area contributed by atoms with Gasteiger partial charge in [0.1, 0.15) is 0 Å². The second-order valence-corrected chi connectivity index (χ2v) is 5.68. The maximum Gasteiger partial charge on any atom is 0.250 e. The van der Waals surface area contributed by atoms with E-state index in [2.05, 4.69) is 10.3 Å². The van der Waals surface area contributed by atoms with Crippen molar-refractivity contribution in [3.63, 3.8) is 0 Å². The zero-order chi connectivity index (χ0) is 12.3. The van der Waals surface area contributed by atoms with Crippen molar-refractivity contribution < 1.29 is 4.79 Å². The van der Waals surface area contributed by atoms with E-state index in [4.69, 9.17) is 0 Å². The highest BCUT2D eigenvalue weighted by Crippen LogP contribution is 2.21. The maximum absolute atomic E-state index is 11.6. The molecule has 2 rings (SSSR count). The lowest BCUT2D eigenvalue weighted by atomic mass is 10.4. The fourth-order valence-corrected chi connectivity index (χ4v) is 2.65. The normalized spacial score (nSPS) is 10.9. The topological polar surface area (TPSA) is 42.0 Å². The predicted molar refractivity (Wildman–Crippen MR) is 73.6 cm³/mol. The summed E-state index contributed by atoms with van der Waals surface area (Å²) >= 11 is 3.09. The van der Waals surface area contributed by atoms with Crippen LogP contribution in [0.5, 0.6) is 0 Å². The molecule has 0 saturated carbocycles. The van der Waals surface area contributed by atoms with Crippen molar-refractivity contribution in [2.24, 2.45) is 0 Å². The molecule has 2 aromatic heterocycles. The SMILES string of the molecule is Cc1nc(NC(=O)C=Cc2cccs2)sc1C. The lowest BCUT2D eigenvalue weighted by Crippen LogP contribution is -2.07. The van der Waals surface area contributed by atoms with Gasteiger partial charge in [-0.15, -0.1) is 22.7 Å². The van der Waals surface area contributed by atoms with Crippen molar-refractivity contribution in [1.29, 1.82) is 0 Å². The van der Waals surface area contributed by atoms with E-state index in [0.717, 1.165) is 15.4 Å².